The van der Waals surface area contributed by atoms with Crippen LogP contribution < -0.4 is 5.32 Å². The summed E-state index contributed by atoms with van der Waals surface area (Å²) in [5.74, 6) is -0.321. The van der Waals surface area contributed by atoms with E-state index in [0.29, 0.717) is 0 Å². The molecule has 2 atom stereocenters. The Balaban J connectivity index is 2.16. The highest BCUT2D eigenvalue weighted by atomic mass is 79.9. The summed E-state index contributed by atoms with van der Waals surface area (Å²) in [5.41, 5.74) is -0.0106. The van der Waals surface area contributed by atoms with Gasteiger partial charge in [-0.15, -0.1) is 0 Å². The van der Waals surface area contributed by atoms with E-state index in [9.17, 15) is 14.9 Å². The van der Waals surface area contributed by atoms with E-state index < -0.39 is 4.92 Å². The molecule has 0 aromatic heterocycles. The Morgan fingerprint density at radius 1 is 1.52 bits per heavy atom. The number of amides is 1. The van der Waals surface area contributed by atoms with Gasteiger partial charge in [0.2, 0.25) is 0 Å². The third kappa shape index (κ3) is 2.80. The van der Waals surface area contributed by atoms with Crippen molar-refractivity contribution in [3.63, 3.8) is 0 Å². The lowest BCUT2D eigenvalue weighted by molar-refractivity contribution is -0.385. The van der Waals surface area contributed by atoms with Gasteiger partial charge in [0.25, 0.3) is 11.6 Å². The summed E-state index contributed by atoms with van der Waals surface area (Å²) in [4.78, 5) is 22.7. The van der Waals surface area contributed by atoms with Crippen LogP contribution in [0.1, 0.15) is 30.6 Å². The maximum Gasteiger partial charge on any atom is 0.284 e. The Hall–Kier alpha value is -1.47. The molecule has 1 aromatic rings. The van der Waals surface area contributed by atoms with E-state index in [1.807, 2.05) is 13.8 Å². The first-order valence-electron chi connectivity index (χ1n) is 6.55. The maximum atomic E-state index is 12.3. The van der Waals surface area contributed by atoms with Gasteiger partial charge >= 0.3 is 0 Å². The minimum atomic E-state index is -0.519. The summed E-state index contributed by atoms with van der Waals surface area (Å²) in [6, 6.07) is 4.41. The molecule has 0 saturated heterocycles. The molecule has 0 heterocycles. The smallest absolute Gasteiger partial charge is 0.284 e. The molecule has 1 amide bonds. The van der Waals surface area contributed by atoms with Crippen LogP contribution in [0.5, 0.6) is 0 Å². The third-order valence-corrected chi connectivity index (χ3v) is 5.02. The first-order chi connectivity index (χ1) is 9.78. The van der Waals surface area contributed by atoms with E-state index in [1.165, 1.54) is 12.1 Å². The van der Waals surface area contributed by atoms with E-state index in [2.05, 4.69) is 21.2 Å². The molecule has 2 rings (SSSR count). The molecule has 0 aliphatic heterocycles. The summed E-state index contributed by atoms with van der Waals surface area (Å²) in [7, 11) is 1.65. The number of nitro groups is 1. The number of halogens is 1. The molecule has 6 nitrogen and oxygen atoms in total. The van der Waals surface area contributed by atoms with Gasteiger partial charge in [-0.05, 0) is 28.4 Å². The quantitative estimate of drug-likeness (QED) is 0.664. The van der Waals surface area contributed by atoms with Crippen molar-refractivity contribution in [1.29, 1.82) is 0 Å². The zero-order valence-corrected chi connectivity index (χ0v) is 13.6. The lowest BCUT2D eigenvalue weighted by Gasteiger charge is -2.51. The van der Waals surface area contributed by atoms with E-state index in [1.54, 1.807) is 13.2 Å². The number of nitro benzene ring substituents is 1. The zero-order chi connectivity index (χ0) is 15.8. The van der Waals surface area contributed by atoms with Gasteiger partial charge in [0.1, 0.15) is 4.47 Å². The molecule has 1 aliphatic carbocycles. The van der Waals surface area contributed by atoms with Crippen molar-refractivity contribution in [3.05, 3.63) is 38.3 Å². The number of carbonyl (C=O) groups excluding carboxylic acids is 1. The molecule has 1 N–H and O–H groups in total. The number of rotatable bonds is 4. The van der Waals surface area contributed by atoms with E-state index >= 15 is 0 Å². The van der Waals surface area contributed by atoms with Crippen LogP contribution in [0.25, 0.3) is 0 Å². The number of ether oxygens (including phenoxy) is 1. The number of nitrogens with zero attached hydrogens (tertiary/aromatic N) is 1. The molecule has 0 bridgehead atoms. The summed E-state index contributed by atoms with van der Waals surface area (Å²) in [6.07, 6.45) is 0.846. The lowest BCUT2D eigenvalue weighted by atomic mass is 9.64. The normalized spacial score (nSPS) is 23.2. The topological polar surface area (TPSA) is 81.5 Å². The van der Waals surface area contributed by atoms with Crippen LogP contribution in [0.3, 0.4) is 0 Å². The fourth-order valence-corrected chi connectivity index (χ4v) is 3.19. The second-order valence-electron chi connectivity index (χ2n) is 5.70. The van der Waals surface area contributed by atoms with Crippen LogP contribution in [0.4, 0.5) is 5.69 Å². The molecule has 0 spiro atoms. The van der Waals surface area contributed by atoms with Gasteiger partial charge in [-0.3, -0.25) is 14.9 Å². The molecule has 7 heteroatoms. The predicted octanol–water partition coefficient (Wildman–Crippen LogP) is 2.90. The van der Waals surface area contributed by atoms with E-state index in [0.717, 1.165) is 6.42 Å². The lowest BCUT2D eigenvalue weighted by Crippen LogP contribution is -2.61. The minimum Gasteiger partial charge on any atom is -0.381 e. The third-order valence-electron chi connectivity index (χ3n) is 4.19. The number of carbonyl (C=O) groups is 1. The van der Waals surface area contributed by atoms with Gasteiger partial charge in [0, 0.05) is 24.6 Å². The summed E-state index contributed by atoms with van der Waals surface area (Å²) >= 11 is 3.14. The maximum absolute atomic E-state index is 12.3. The average molecular weight is 357 g/mol. The van der Waals surface area contributed by atoms with Crippen LogP contribution in [-0.2, 0) is 4.74 Å². The van der Waals surface area contributed by atoms with Crippen LogP contribution in [-0.4, -0.2) is 30.1 Å². The second-order valence-corrected chi connectivity index (χ2v) is 6.50. The van der Waals surface area contributed by atoms with Crippen LogP contribution in [0.15, 0.2) is 22.7 Å². The Morgan fingerprint density at radius 2 is 2.19 bits per heavy atom. The van der Waals surface area contributed by atoms with Crippen molar-refractivity contribution < 1.29 is 14.5 Å². The number of hydrogen-bond donors (Lipinski definition) is 1. The monoisotopic (exact) mass is 356 g/mol. The Kier molecular flexibility index (Phi) is 4.34. The Bertz CT molecular complexity index is 588. The van der Waals surface area contributed by atoms with Gasteiger partial charge in [-0.1, -0.05) is 19.9 Å². The number of methoxy groups -OCH3 is 1. The standard InChI is InChI=1S/C14H17BrN2O4/c1-14(2)10(7-11(14)21-3)16-13(18)8-5-4-6-9(12(8)15)17(19)20/h4-6,10-11H,7H2,1-3H3,(H,16,18). The molecule has 0 radical (unpaired) electrons. The molecule has 1 saturated carbocycles. The van der Waals surface area contributed by atoms with Crippen molar-refractivity contribution in [3.8, 4) is 0 Å². The van der Waals surface area contributed by atoms with E-state index in [4.69, 9.17) is 4.74 Å². The SMILES string of the molecule is COC1CC(NC(=O)c2cccc([N+](=O)[O-])c2Br)C1(C)C. The molecular formula is C14H17BrN2O4. The Morgan fingerprint density at radius 3 is 2.71 bits per heavy atom. The number of benzene rings is 1. The molecule has 114 valence electrons. The van der Waals surface area contributed by atoms with Crippen LogP contribution in [0.2, 0.25) is 0 Å². The highest BCUT2D eigenvalue weighted by Gasteiger charge is 2.49. The summed E-state index contributed by atoms with van der Waals surface area (Å²) in [5, 5.41) is 13.8. The van der Waals surface area contributed by atoms with Crippen molar-refractivity contribution in [1.82, 2.24) is 5.32 Å². The van der Waals surface area contributed by atoms with E-state index in [-0.39, 0.29) is 39.2 Å². The van der Waals surface area contributed by atoms with Gasteiger partial charge in [0.05, 0.1) is 16.6 Å². The fourth-order valence-electron chi connectivity index (χ4n) is 2.60. The van der Waals surface area contributed by atoms with Crippen molar-refractivity contribution in [2.75, 3.05) is 7.11 Å². The summed E-state index contributed by atoms with van der Waals surface area (Å²) in [6.45, 7) is 4.05. The van der Waals surface area contributed by atoms with Gasteiger partial charge < -0.3 is 10.1 Å². The molecule has 2 unspecified atom stereocenters. The first-order valence-corrected chi connectivity index (χ1v) is 7.35. The molecule has 1 aromatic carbocycles. The highest BCUT2D eigenvalue weighted by molar-refractivity contribution is 9.10. The fraction of sp³-hybridized carbons (Fsp3) is 0.500. The molecule has 1 aliphatic rings. The molecule has 1 fully saturated rings. The van der Waals surface area contributed by atoms with Gasteiger partial charge in [-0.25, -0.2) is 0 Å². The van der Waals surface area contributed by atoms with Crippen molar-refractivity contribution in [2.24, 2.45) is 5.41 Å². The first kappa shape index (κ1) is 15.9. The molecular weight excluding hydrogens is 340 g/mol. The van der Waals surface area contributed by atoms with Gasteiger partial charge in [0.15, 0.2) is 0 Å². The van der Waals surface area contributed by atoms with Gasteiger partial charge in [-0.2, -0.15) is 0 Å². The number of nitrogens with one attached hydrogen (secondary N) is 1. The van der Waals surface area contributed by atoms with Crippen molar-refractivity contribution in [2.45, 2.75) is 32.4 Å². The average Bonchev–Trinajstić information content (AvgIpc) is 2.42. The highest BCUT2D eigenvalue weighted by Crippen LogP contribution is 2.42. The zero-order valence-electron chi connectivity index (χ0n) is 12.1. The summed E-state index contributed by atoms with van der Waals surface area (Å²) < 4.78 is 5.55. The molecule has 21 heavy (non-hydrogen) atoms. The predicted molar refractivity (Wildman–Crippen MR) is 81.2 cm³/mol. The number of hydrogen-bond acceptors (Lipinski definition) is 4. The van der Waals surface area contributed by atoms with Crippen LogP contribution >= 0.6 is 15.9 Å². The minimum absolute atomic E-state index is 0.0129. The largest absolute Gasteiger partial charge is 0.381 e. The second kappa shape index (κ2) is 5.73. The Labute approximate surface area is 131 Å². The van der Waals surface area contributed by atoms with Crippen molar-refractivity contribution >= 4 is 27.5 Å². The van der Waals surface area contributed by atoms with Crippen LogP contribution in [0, 0.1) is 15.5 Å².